The molecule has 0 amide bonds. The molecule has 2 aliphatic rings. The van der Waals surface area contributed by atoms with Crippen LogP contribution < -0.4 is 11.5 Å². The predicted molar refractivity (Wildman–Crippen MR) is 168 cm³/mol. The molecule has 6 rings (SSSR count). The number of hydrogen-bond acceptors (Lipinski definition) is 10. The molecule has 320 valence electrons. The van der Waals surface area contributed by atoms with Crippen LogP contribution in [-0.4, -0.2) is 98.3 Å². The molecule has 0 unspecified atom stereocenters. The third-order valence-corrected chi connectivity index (χ3v) is 6.63. The smallest absolute Gasteiger partial charge is 0.475 e. The summed E-state index contributed by atoms with van der Waals surface area (Å²) in [4.78, 5) is 48.4. The maximum atomic E-state index is 10.6. The maximum absolute atomic E-state index is 10.6. The largest absolute Gasteiger partial charge is 0.490 e. The van der Waals surface area contributed by atoms with Gasteiger partial charge >= 0.3 is 48.6 Å². The Balaban J connectivity index is 0.000000366. The van der Waals surface area contributed by atoms with Crippen LogP contribution in [0.15, 0.2) is 73.8 Å². The molecule has 0 saturated heterocycles. The zero-order chi connectivity index (χ0) is 44.9. The first kappa shape index (κ1) is 49.7. The second-order valence-electron chi connectivity index (χ2n) is 11.2. The molecule has 28 heteroatoms. The van der Waals surface area contributed by atoms with E-state index in [1.54, 1.807) is 23.4 Å². The summed E-state index contributed by atoms with van der Waals surface area (Å²) < 4.78 is 131. The van der Waals surface area contributed by atoms with E-state index in [0.717, 1.165) is 48.4 Å². The van der Waals surface area contributed by atoms with Crippen molar-refractivity contribution in [1.29, 1.82) is 0 Å². The second-order valence-corrected chi connectivity index (χ2v) is 11.2. The number of carbonyl (C=O) groups is 4. The third-order valence-electron chi connectivity index (χ3n) is 6.63. The monoisotopic (exact) mass is 856 g/mol. The van der Waals surface area contributed by atoms with Crippen LogP contribution in [0.3, 0.4) is 0 Å². The van der Waals surface area contributed by atoms with Crippen molar-refractivity contribution < 1.29 is 92.3 Å². The number of hydrogen-bond donors (Lipinski definition) is 6. The summed E-state index contributed by atoms with van der Waals surface area (Å²) in [7, 11) is 0. The predicted octanol–water partition coefficient (Wildman–Crippen LogP) is 4.96. The highest BCUT2D eigenvalue weighted by Gasteiger charge is 2.42. The van der Waals surface area contributed by atoms with Gasteiger partial charge < -0.3 is 36.5 Å². The third kappa shape index (κ3) is 17.6. The lowest BCUT2D eigenvalue weighted by atomic mass is 10.2. The Labute approximate surface area is 315 Å². The normalized spacial score (nSPS) is 14.6. The van der Waals surface area contributed by atoms with Gasteiger partial charge in [-0.3, -0.25) is 9.97 Å². The van der Waals surface area contributed by atoms with Crippen LogP contribution in [0.5, 0.6) is 0 Å². The van der Waals surface area contributed by atoms with Crippen LogP contribution in [0, 0.1) is 0 Å². The molecule has 4 aromatic heterocycles. The quantitative estimate of drug-likeness (QED) is 0.148. The van der Waals surface area contributed by atoms with Gasteiger partial charge in [0.25, 0.3) is 0 Å². The van der Waals surface area contributed by atoms with Crippen molar-refractivity contribution in [2.45, 2.75) is 61.5 Å². The molecule has 0 spiro atoms. The number of alkyl halides is 12. The number of carboxylic acids is 4. The number of nitrogens with two attached hydrogens (primary N) is 2. The van der Waals surface area contributed by atoms with Crippen LogP contribution in [0.2, 0.25) is 0 Å². The molecule has 0 aromatic carbocycles. The Morgan fingerprint density at radius 2 is 0.914 bits per heavy atom. The molecule has 0 radical (unpaired) electrons. The van der Waals surface area contributed by atoms with Gasteiger partial charge in [-0.1, -0.05) is 0 Å². The van der Waals surface area contributed by atoms with E-state index in [1.165, 1.54) is 0 Å². The number of rotatable bonds is 4. The minimum Gasteiger partial charge on any atom is -0.475 e. The Hall–Kier alpha value is -6.32. The van der Waals surface area contributed by atoms with Crippen molar-refractivity contribution >= 4 is 23.9 Å². The molecule has 58 heavy (non-hydrogen) atoms. The second kappa shape index (κ2) is 19.7. The number of pyridine rings is 2. The zero-order valence-corrected chi connectivity index (χ0v) is 28.6. The van der Waals surface area contributed by atoms with Gasteiger partial charge in [-0.2, -0.15) is 57.8 Å². The molecule has 2 aliphatic carbocycles. The van der Waals surface area contributed by atoms with Crippen molar-refractivity contribution in [2.75, 3.05) is 0 Å². The van der Waals surface area contributed by atoms with E-state index in [9.17, 15) is 52.7 Å². The first-order valence-corrected chi connectivity index (χ1v) is 15.0. The number of nitrogens with zero attached hydrogens (tertiary/aromatic N) is 6. The van der Waals surface area contributed by atoms with Gasteiger partial charge in [-0.25, -0.2) is 28.8 Å². The highest BCUT2D eigenvalue weighted by atomic mass is 19.4. The molecule has 8 N–H and O–H groups in total. The van der Waals surface area contributed by atoms with E-state index >= 15 is 0 Å². The molecular formula is C30H28F12N8O8. The van der Waals surface area contributed by atoms with Crippen molar-refractivity contribution in [2.24, 2.45) is 11.5 Å². The van der Waals surface area contributed by atoms with Crippen molar-refractivity contribution in [1.82, 2.24) is 29.3 Å². The van der Waals surface area contributed by atoms with Crippen molar-refractivity contribution in [3.63, 3.8) is 0 Å². The summed E-state index contributed by atoms with van der Waals surface area (Å²) in [6.45, 7) is 0. The summed E-state index contributed by atoms with van der Waals surface area (Å²) in [5, 5.41) is 32.6. The molecular weight excluding hydrogens is 828 g/mol. The van der Waals surface area contributed by atoms with Gasteiger partial charge in [-0.15, -0.1) is 0 Å². The fourth-order valence-electron chi connectivity index (χ4n) is 3.26. The van der Waals surface area contributed by atoms with Crippen molar-refractivity contribution in [3.8, 4) is 11.4 Å². The number of imidazole rings is 1. The maximum Gasteiger partial charge on any atom is 0.490 e. The Morgan fingerprint density at radius 1 is 0.569 bits per heavy atom. The SMILES string of the molecule is NC1(c2ccc(-n3cccn3)cn2)CC1.NC1(c2ccc(-n3ccnc3)cn2)CC1.O=C(O)C(F)(F)F.O=C(O)C(F)(F)F.O=C(O)C(F)(F)F.O=C(O)C(F)(F)F. The summed E-state index contributed by atoms with van der Waals surface area (Å²) in [6.07, 6.45) is -3.46. The van der Waals surface area contributed by atoms with E-state index in [4.69, 9.17) is 51.1 Å². The average Bonchev–Trinajstić information content (AvgIpc) is 3.84. The molecule has 0 aliphatic heterocycles. The first-order valence-electron chi connectivity index (χ1n) is 15.0. The van der Waals surface area contributed by atoms with Gasteiger partial charge in [0.15, 0.2) is 0 Å². The van der Waals surface area contributed by atoms with Crippen molar-refractivity contribution in [3.05, 3.63) is 85.2 Å². The molecule has 2 fully saturated rings. The minimum atomic E-state index is -5.08. The fourth-order valence-corrected chi connectivity index (χ4v) is 3.26. The first-order chi connectivity index (χ1) is 26.3. The molecule has 0 atom stereocenters. The van der Waals surface area contributed by atoms with E-state index in [1.807, 2.05) is 59.7 Å². The Morgan fingerprint density at radius 3 is 1.14 bits per heavy atom. The molecule has 16 nitrogen and oxygen atoms in total. The summed E-state index contributed by atoms with van der Waals surface area (Å²) in [5.74, 6) is -11.0. The van der Waals surface area contributed by atoms with E-state index < -0.39 is 48.6 Å². The zero-order valence-electron chi connectivity index (χ0n) is 28.6. The lowest BCUT2D eigenvalue weighted by Gasteiger charge is -2.08. The highest BCUT2D eigenvalue weighted by Crippen LogP contribution is 2.42. The summed E-state index contributed by atoms with van der Waals surface area (Å²) in [6, 6.07) is 9.91. The molecule has 2 saturated carbocycles. The number of aromatic nitrogens is 6. The van der Waals surface area contributed by atoms with E-state index in [-0.39, 0.29) is 11.1 Å². The van der Waals surface area contributed by atoms with Gasteiger partial charge in [0.2, 0.25) is 0 Å². The van der Waals surface area contributed by atoms with Gasteiger partial charge in [0.05, 0.1) is 52.6 Å². The number of halogens is 12. The van der Waals surface area contributed by atoms with Crippen LogP contribution in [-0.2, 0) is 30.3 Å². The molecule has 4 aromatic rings. The van der Waals surface area contributed by atoms with Crippen LogP contribution in [0.1, 0.15) is 37.1 Å². The lowest BCUT2D eigenvalue weighted by molar-refractivity contribution is -0.193. The Bertz CT molecular complexity index is 1720. The highest BCUT2D eigenvalue weighted by molar-refractivity contribution is 5.74. The van der Waals surface area contributed by atoms with Crippen LogP contribution in [0.25, 0.3) is 11.4 Å². The van der Waals surface area contributed by atoms with Gasteiger partial charge in [0, 0.05) is 24.8 Å². The molecule has 0 bridgehead atoms. The lowest BCUT2D eigenvalue weighted by Crippen LogP contribution is -2.21. The summed E-state index contributed by atoms with van der Waals surface area (Å²) in [5.41, 5.74) is 15.8. The standard InChI is InChI=1S/2C11H12N4.4C2HF3O2/c12-11(4-5-11)10-3-2-9(8-13-10)15-7-1-6-14-15;12-11(3-4-11)10-2-1-9(7-14-10)15-6-5-13-8-15;4*3-2(4,5)1(6)7/h1-3,6-8H,4-5,12H2;1-2,5-8H,3-4,12H2;4*(H,6,7). The Kier molecular flexibility index (Phi) is 16.9. The van der Waals surface area contributed by atoms with Crippen LogP contribution in [0.4, 0.5) is 52.7 Å². The van der Waals surface area contributed by atoms with Gasteiger partial charge in [0.1, 0.15) is 0 Å². The topological polar surface area (TPSA) is 263 Å². The average molecular weight is 857 g/mol. The number of carboxylic acid groups (broad SMARTS) is 4. The number of aliphatic carboxylic acids is 4. The van der Waals surface area contributed by atoms with E-state index in [2.05, 4.69) is 20.1 Å². The minimum absolute atomic E-state index is 0.145. The van der Waals surface area contributed by atoms with Crippen LogP contribution >= 0.6 is 0 Å². The molecule has 4 heterocycles. The van der Waals surface area contributed by atoms with Gasteiger partial charge in [-0.05, 0) is 56.0 Å². The van der Waals surface area contributed by atoms with E-state index in [0.29, 0.717) is 0 Å². The summed E-state index contributed by atoms with van der Waals surface area (Å²) >= 11 is 0. The fraction of sp³-hybridized carbons (Fsp3) is 0.333.